The summed E-state index contributed by atoms with van der Waals surface area (Å²) in [6, 6.07) is 0. The molecule has 2 heteroatoms. The van der Waals surface area contributed by atoms with Gasteiger partial charge in [0.05, 0.1) is 12.2 Å². The standard InChI is InChI=1S/C11H19ClO/c12-7-3-5-10-8-9-4-1-2-6-11(9)13-10/h9-11H,1-8H2. The van der Waals surface area contributed by atoms with Crippen molar-refractivity contribution >= 4 is 11.6 Å². The van der Waals surface area contributed by atoms with Crippen LogP contribution >= 0.6 is 11.6 Å². The van der Waals surface area contributed by atoms with Crippen LogP contribution in [0.4, 0.5) is 0 Å². The highest BCUT2D eigenvalue weighted by Gasteiger charge is 2.35. The number of rotatable bonds is 3. The van der Waals surface area contributed by atoms with E-state index in [2.05, 4.69) is 0 Å². The maximum atomic E-state index is 6.01. The molecular formula is C11H19ClO. The van der Waals surface area contributed by atoms with E-state index in [9.17, 15) is 0 Å². The molecule has 0 aromatic heterocycles. The Morgan fingerprint density at radius 1 is 1.23 bits per heavy atom. The molecule has 0 aromatic carbocycles. The molecule has 1 nitrogen and oxygen atoms in total. The van der Waals surface area contributed by atoms with Gasteiger partial charge in [-0.2, -0.15) is 0 Å². The van der Waals surface area contributed by atoms with Crippen molar-refractivity contribution in [2.45, 2.75) is 57.2 Å². The van der Waals surface area contributed by atoms with Gasteiger partial charge < -0.3 is 4.74 Å². The second kappa shape index (κ2) is 4.65. The Kier molecular flexibility index (Phi) is 3.51. The fourth-order valence-electron chi connectivity index (χ4n) is 2.75. The topological polar surface area (TPSA) is 9.23 Å². The van der Waals surface area contributed by atoms with Crippen LogP contribution in [0.5, 0.6) is 0 Å². The molecule has 0 aromatic rings. The fraction of sp³-hybridized carbons (Fsp3) is 1.00. The third-order valence-electron chi connectivity index (χ3n) is 3.43. The molecule has 1 aliphatic carbocycles. The molecule has 2 rings (SSSR count). The van der Waals surface area contributed by atoms with E-state index in [-0.39, 0.29) is 0 Å². The minimum Gasteiger partial charge on any atom is -0.375 e. The number of fused-ring (bicyclic) bond motifs is 1. The lowest BCUT2D eigenvalue weighted by atomic mass is 9.85. The quantitative estimate of drug-likeness (QED) is 0.638. The van der Waals surface area contributed by atoms with Crippen LogP contribution in [0.3, 0.4) is 0 Å². The number of hydrogen-bond acceptors (Lipinski definition) is 1. The average Bonchev–Trinajstić information content (AvgIpc) is 2.57. The zero-order valence-corrected chi connectivity index (χ0v) is 8.93. The Balaban J connectivity index is 1.77. The van der Waals surface area contributed by atoms with Gasteiger partial charge in [0.25, 0.3) is 0 Å². The van der Waals surface area contributed by atoms with Gasteiger partial charge >= 0.3 is 0 Å². The van der Waals surface area contributed by atoms with Crippen LogP contribution in [-0.2, 0) is 4.74 Å². The maximum Gasteiger partial charge on any atom is 0.0608 e. The summed E-state index contributed by atoms with van der Waals surface area (Å²) in [7, 11) is 0. The van der Waals surface area contributed by atoms with Gasteiger partial charge in [0.1, 0.15) is 0 Å². The van der Waals surface area contributed by atoms with Crippen molar-refractivity contribution in [2.75, 3.05) is 5.88 Å². The summed E-state index contributed by atoms with van der Waals surface area (Å²) < 4.78 is 6.01. The first-order valence-corrected chi connectivity index (χ1v) is 6.15. The van der Waals surface area contributed by atoms with E-state index in [4.69, 9.17) is 16.3 Å². The van der Waals surface area contributed by atoms with Crippen molar-refractivity contribution < 1.29 is 4.74 Å². The highest BCUT2D eigenvalue weighted by molar-refractivity contribution is 6.17. The summed E-state index contributed by atoms with van der Waals surface area (Å²) in [5.41, 5.74) is 0. The maximum absolute atomic E-state index is 6.01. The van der Waals surface area contributed by atoms with Gasteiger partial charge in [-0.1, -0.05) is 12.8 Å². The van der Waals surface area contributed by atoms with Crippen LogP contribution in [0.1, 0.15) is 44.9 Å². The molecule has 0 radical (unpaired) electrons. The predicted molar refractivity (Wildman–Crippen MR) is 55.2 cm³/mol. The number of alkyl halides is 1. The molecule has 3 unspecified atom stereocenters. The number of ether oxygens (including phenoxy) is 1. The van der Waals surface area contributed by atoms with E-state index >= 15 is 0 Å². The van der Waals surface area contributed by atoms with E-state index < -0.39 is 0 Å². The summed E-state index contributed by atoms with van der Waals surface area (Å²) in [5.74, 6) is 1.67. The molecule has 0 N–H and O–H groups in total. The minimum absolute atomic E-state index is 0.534. The van der Waals surface area contributed by atoms with Gasteiger partial charge in [-0.05, 0) is 38.0 Å². The second-order valence-electron chi connectivity index (χ2n) is 4.41. The third kappa shape index (κ3) is 2.38. The Morgan fingerprint density at radius 3 is 2.85 bits per heavy atom. The smallest absolute Gasteiger partial charge is 0.0608 e. The molecule has 0 spiro atoms. The van der Waals surface area contributed by atoms with E-state index in [0.717, 1.165) is 18.2 Å². The van der Waals surface area contributed by atoms with Gasteiger partial charge in [-0.15, -0.1) is 11.6 Å². The van der Waals surface area contributed by atoms with E-state index in [1.807, 2.05) is 0 Å². The Bertz CT molecular complexity index is 146. The predicted octanol–water partition coefficient (Wildman–Crippen LogP) is 3.35. The van der Waals surface area contributed by atoms with Crippen molar-refractivity contribution in [3.05, 3.63) is 0 Å². The normalized spacial score (nSPS) is 39.0. The molecule has 1 heterocycles. The summed E-state index contributed by atoms with van der Waals surface area (Å²) in [6.45, 7) is 0. The van der Waals surface area contributed by atoms with Gasteiger partial charge in [-0.25, -0.2) is 0 Å². The summed E-state index contributed by atoms with van der Waals surface area (Å²) in [4.78, 5) is 0. The monoisotopic (exact) mass is 202 g/mol. The van der Waals surface area contributed by atoms with Crippen LogP contribution in [0.15, 0.2) is 0 Å². The lowest BCUT2D eigenvalue weighted by Gasteiger charge is -2.23. The SMILES string of the molecule is ClCCCC1CC2CCCCC2O1. The molecule has 76 valence electrons. The van der Waals surface area contributed by atoms with Crippen LogP contribution in [-0.4, -0.2) is 18.1 Å². The van der Waals surface area contributed by atoms with Gasteiger partial charge in [0, 0.05) is 5.88 Å². The van der Waals surface area contributed by atoms with E-state index in [1.165, 1.54) is 38.5 Å². The van der Waals surface area contributed by atoms with Gasteiger partial charge in [0.15, 0.2) is 0 Å². The first kappa shape index (κ1) is 9.79. The molecule has 2 fully saturated rings. The van der Waals surface area contributed by atoms with Crippen LogP contribution in [0, 0.1) is 5.92 Å². The lowest BCUT2D eigenvalue weighted by Crippen LogP contribution is -2.20. The third-order valence-corrected chi connectivity index (χ3v) is 3.70. The largest absolute Gasteiger partial charge is 0.375 e. The van der Waals surface area contributed by atoms with E-state index in [1.54, 1.807) is 0 Å². The fourth-order valence-corrected chi connectivity index (χ4v) is 2.91. The molecule has 1 saturated carbocycles. The number of halogens is 1. The van der Waals surface area contributed by atoms with E-state index in [0.29, 0.717) is 12.2 Å². The second-order valence-corrected chi connectivity index (χ2v) is 4.79. The zero-order valence-electron chi connectivity index (χ0n) is 8.18. The summed E-state index contributed by atoms with van der Waals surface area (Å²) in [5, 5.41) is 0. The van der Waals surface area contributed by atoms with Crippen LogP contribution in [0.25, 0.3) is 0 Å². The molecule has 13 heavy (non-hydrogen) atoms. The Hall–Kier alpha value is 0.250. The summed E-state index contributed by atoms with van der Waals surface area (Å²) >= 11 is 5.68. The molecule has 1 saturated heterocycles. The summed E-state index contributed by atoms with van der Waals surface area (Å²) in [6.07, 6.45) is 10.3. The molecule has 2 aliphatic rings. The van der Waals surface area contributed by atoms with Crippen LogP contribution < -0.4 is 0 Å². The lowest BCUT2D eigenvalue weighted by molar-refractivity contribution is 0.0156. The number of hydrogen-bond donors (Lipinski definition) is 0. The highest BCUT2D eigenvalue weighted by atomic mass is 35.5. The van der Waals surface area contributed by atoms with Crippen molar-refractivity contribution in [1.82, 2.24) is 0 Å². The molecule has 0 amide bonds. The Labute approximate surface area is 85.8 Å². The van der Waals surface area contributed by atoms with Crippen molar-refractivity contribution in [1.29, 1.82) is 0 Å². The van der Waals surface area contributed by atoms with Gasteiger partial charge in [-0.3, -0.25) is 0 Å². The van der Waals surface area contributed by atoms with Crippen molar-refractivity contribution in [3.8, 4) is 0 Å². The van der Waals surface area contributed by atoms with Crippen molar-refractivity contribution in [3.63, 3.8) is 0 Å². The minimum atomic E-state index is 0.534. The molecule has 0 bridgehead atoms. The molecular weight excluding hydrogens is 184 g/mol. The first-order chi connectivity index (χ1) is 6.40. The Morgan fingerprint density at radius 2 is 2.08 bits per heavy atom. The van der Waals surface area contributed by atoms with Gasteiger partial charge in [0.2, 0.25) is 0 Å². The molecule has 1 aliphatic heterocycles. The average molecular weight is 203 g/mol. The zero-order chi connectivity index (χ0) is 9.10. The molecule has 3 atom stereocenters. The first-order valence-electron chi connectivity index (χ1n) is 5.61. The van der Waals surface area contributed by atoms with Crippen LogP contribution in [0.2, 0.25) is 0 Å². The highest BCUT2D eigenvalue weighted by Crippen LogP contribution is 2.38. The van der Waals surface area contributed by atoms with Crippen molar-refractivity contribution in [2.24, 2.45) is 5.92 Å².